The van der Waals surface area contributed by atoms with Gasteiger partial charge in [-0.15, -0.1) is 0 Å². The van der Waals surface area contributed by atoms with Crippen molar-refractivity contribution in [2.75, 3.05) is 0 Å². The summed E-state index contributed by atoms with van der Waals surface area (Å²) in [5, 5.41) is 9.71. The van der Waals surface area contributed by atoms with Gasteiger partial charge in [0.1, 0.15) is 0 Å². The molecule has 2 atom stereocenters. The zero-order chi connectivity index (χ0) is 11.1. The van der Waals surface area contributed by atoms with Crippen LogP contribution in [-0.4, -0.2) is 11.1 Å². The summed E-state index contributed by atoms with van der Waals surface area (Å²) in [6.07, 6.45) is 1.54. The fourth-order valence-corrected chi connectivity index (χ4v) is 2.70. The molecular weight excluding hydrogens is 212 g/mol. The van der Waals surface area contributed by atoms with E-state index >= 15 is 0 Å². The molecule has 0 aromatic heterocycles. The summed E-state index contributed by atoms with van der Waals surface area (Å²) in [7, 11) is 0. The first kappa shape index (κ1) is 10.5. The number of aliphatic carboxylic acids is 1. The molecule has 1 unspecified atom stereocenters. The van der Waals surface area contributed by atoms with E-state index in [1.54, 1.807) is 0 Å². The van der Waals surface area contributed by atoms with E-state index < -0.39 is 5.97 Å². The maximum atomic E-state index is 11.0. The lowest BCUT2D eigenvalue weighted by molar-refractivity contribution is -0.139. The lowest BCUT2D eigenvalue weighted by Crippen LogP contribution is -2.14. The predicted octanol–water partition coefficient (Wildman–Crippen LogP) is 3.09. The van der Waals surface area contributed by atoms with Crippen molar-refractivity contribution in [3.05, 3.63) is 34.9 Å². The lowest BCUT2D eigenvalue weighted by atomic mass is 9.90. The van der Waals surface area contributed by atoms with Crippen LogP contribution < -0.4 is 0 Å². The summed E-state index contributed by atoms with van der Waals surface area (Å²) in [4.78, 5) is 11.0. The molecule has 15 heavy (non-hydrogen) atoms. The molecule has 0 bridgehead atoms. The molecule has 0 saturated heterocycles. The number of hydrogen-bond acceptors (Lipinski definition) is 1. The fourth-order valence-electron chi connectivity index (χ4n) is 2.37. The highest BCUT2D eigenvalue weighted by Gasteiger charge is 2.58. The molecular formula is C12H13ClO2. The van der Waals surface area contributed by atoms with Gasteiger partial charge in [-0.2, -0.15) is 0 Å². The standard InChI is InChI=1S/C12H13ClO2/c1-2-12(7-9(12)11(14)15)8-5-3-4-6-10(8)13/h3-6,9H,2,7H2,1H3,(H,14,15)/t9-,12?/m0/s1. The molecule has 1 aliphatic carbocycles. The van der Waals surface area contributed by atoms with Crippen LogP contribution in [0.2, 0.25) is 5.02 Å². The first-order chi connectivity index (χ1) is 7.12. The van der Waals surface area contributed by atoms with E-state index in [2.05, 4.69) is 0 Å². The molecule has 0 amide bonds. The number of carboxylic acids is 1. The Morgan fingerprint density at radius 1 is 1.60 bits per heavy atom. The van der Waals surface area contributed by atoms with E-state index in [1.807, 2.05) is 31.2 Å². The average Bonchev–Trinajstić information content (AvgIpc) is 2.94. The monoisotopic (exact) mass is 224 g/mol. The van der Waals surface area contributed by atoms with Crippen LogP contribution in [0.5, 0.6) is 0 Å². The van der Waals surface area contributed by atoms with Crippen LogP contribution in [0.3, 0.4) is 0 Å². The van der Waals surface area contributed by atoms with Crippen LogP contribution >= 0.6 is 11.6 Å². The predicted molar refractivity (Wildman–Crippen MR) is 59.2 cm³/mol. The van der Waals surface area contributed by atoms with E-state index in [0.29, 0.717) is 11.4 Å². The Labute approximate surface area is 93.9 Å². The summed E-state index contributed by atoms with van der Waals surface area (Å²) in [6.45, 7) is 2.02. The van der Waals surface area contributed by atoms with Gasteiger partial charge in [0.25, 0.3) is 0 Å². The minimum Gasteiger partial charge on any atom is -0.481 e. The number of hydrogen-bond donors (Lipinski definition) is 1. The second kappa shape index (κ2) is 3.53. The third-order valence-corrected chi connectivity index (χ3v) is 3.74. The second-order valence-corrected chi connectivity index (χ2v) is 4.49. The van der Waals surface area contributed by atoms with Crippen molar-refractivity contribution in [3.8, 4) is 0 Å². The molecule has 80 valence electrons. The molecule has 2 nitrogen and oxygen atoms in total. The van der Waals surface area contributed by atoms with E-state index in [-0.39, 0.29) is 11.3 Å². The normalized spacial score (nSPS) is 28.8. The number of rotatable bonds is 3. The molecule has 1 N–H and O–H groups in total. The Kier molecular flexibility index (Phi) is 2.47. The second-order valence-electron chi connectivity index (χ2n) is 4.08. The van der Waals surface area contributed by atoms with E-state index in [4.69, 9.17) is 16.7 Å². The van der Waals surface area contributed by atoms with Crippen molar-refractivity contribution in [3.63, 3.8) is 0 Å². The quantitative estimate of drug-likeness (QED) is 0.857. The number of benzene rings is 1. The zero-order valence-corrected chi connectivity index (χ0v) is 9.29. The van der Waals surface area contributed by atoms with E-state index in [0.717, 1.165) is 12.0 Å². The van der Waals surface area contributed by atoms with Crippen LogP contribution in [0, 0.1) is 5.92 Å². The molecule has 1 aliphatic rings. The van der Waals surface area contributed by atoms with Crippen LogP contribution in [-0.2, 0) is 10.2 Å². The van der Waals surface area contributed by atoms with Crippen molar-refractivity contribution >= 4 is 17.6 Å². The first-order valence-corrected chi connectivity index (χ1v) is 5.47. The summed E-state index contributed by atoms with van der Waals surface area (Å²) in [5.74, 6) is -0.973. The average molecular weight is 225 g/mol. The highest BCUT2D eigenvalue weighted by molar-refractivity contribution is 6.31. The summed E-state index contributed by atoms with van der Waals surface area (Å²) in [5.41, 5.74) is 0.769. The van der Waals surface area contributed by atoms with Crippen molar-refractivity contribution < 1.29 is 9.90 Å². The zero-order valence-electron chi connectivity index (χ0n) is 8.53. The van der Waals surface area contributed by atoms with Crippen LogP contribution in [0.1, 0.15) is 25.3 Å². The van der Waals surface area contributed by atoms with Crippen molar-refractivity contribution in [2.24, 2.45) is 5.92 Å². The molecule has 1 fully saturated rings. The van der Waals surface area contributed by atoms with Gasteiger partial charge >= 0.3 is 5.97 Å². The first-order valence-electron chi connectivity index (χ1n) is 5.09. The Balaban J connectivity index is 2.38. The fraction of sp³-hybridized carbons (Fsp3) is 0.417. The van der Waals surface area contributed by atoms with Gasteiger partial charge < -0.3 is 5.11 Å². The molecule has 1 aromatic carbocycles. The topological polar surface area (TPSA) is 37.3 Å². The van der Waals surface area contributed by atoms with Crippen LogP contribution in [0.25, 0.3) is 0 Å². The summed E-state index contributed by atoms with van der Waals surface area (Å²) >= 11 is 6.10. The Morgan fingerprint density at radius 2 is 2.27 bits per heavy atom. The van der Waals surface area contributed by atoms with Gasteiger partial charge in [-0.3, -0.25) is 4.79 Å². The molecule has 0 radical (unpaired) electrons. The minimum atomic E-state index is -0.711. The highest BCUT2D eigenvalue weighted by atomic mass is 35.5. The molecule has 0 spiro atoms. The van der Waals surface area contributed by atoms with E-state index in [9.17, 15) is 4.79 Å². The van der Waals surface area contributed by atoms with Gasteiger partial charge in [0, 0.05) is 10.4 Å². The van der Waals surface area contributed by atoms with Gasteiger partial charge in [0.2, 0.25) is 0 Å². The lowest BCUT2D eigenvalue weighted by Gasteiger charge is -2.15. The van der Waals surface area contributed by atoms with Gasteiger partial charge in [-0.25, -0.2) is 0 Å². The van der Waals surface area contributed by atoms with Crippen LogP contribution in [0.15, 0.2) is 24.3 Å². The highest BCUT2D eigenvalue weighted by Crippen LogP contribution is 2.58. The SMILES string of the molecule is CCC1(c2ccccc2Cl)C[C@H]1C(=O)O. The molecule has 1 aromatic rings. The van der Waals surface area contributed by atoms with Gasteiger partial charge in [-0.05, 0) is 24.5 Å². The Morgan fingerprint density at radius 3 is 2.73 bits per heavy atom. The smallest absolute Gasteiger partial charge is 0.307 e. The molecule has 0 heterocycles. The largest absolute Gasteiger partial charge is 0.481 e. The third kappa shape index (κ3) is 1.53. The summed E-state index contributed by atoms with van der Waals surface area (Å²) in [6, 6.07) is 7.55. The number of halogens is 1. The maximum Gasteiger partial charge on any atom is 0.307 e. The molecule has 3 heteroatoms. The molecule has 1 saturated carbocycles. The van der Waals surface area contributed by atoms with Gasteiger partial charge in [0.05, 0.1) is 5.92 Å². The minimum absolute atomic E-state index is 0.218. The van der Waals surface area contributed by atoms with E-state index in [1.165, 1.54) is 0 Å². The Bertz CT molecular complexity index is 402. The van der Waals surface area contributed by atoms with Crippen molar-refractivity contribution in [1.82, 2.24) is 0 Å². The van der Waals surface area contributed by atoms with Crippen molar-refractivity contribution in [2.45, 2.75) is 25.2 Å². The number of carbonyl (C=O) groups is 1. The number of carboxylic acid groups (broad SMARTS) is 1. The summed E-state index contributed by atoms with van der Waals surface area (Å²) < 4.78 is 0. The van der Waals surface area contributed by atoms with Gasteiger partial charge in [0.15, 0.2) is 0 Å². The van der Waals surface area contributed by atoms with Crippen molar-refractivity contribution in [1.29, 1.82) is 0 Å². The third-order valence-electron chi connectivity index (χ3n) is 3.41. The van der Waals surface area contributed by atoms with Crippen LogP contribution in [0.4, 0.5) is 0 Å². The van der Waals surface area contributed by atoms with Gasteiger partial charge in [-0.1, -0.05) is 36.7 Å². The molecule has 2 rings (SSSR count). The Hall–Kier alpha value is -1.02. The molecule has 0 aliphatic heterocycles. The maximum absolute atomic E-state index is 11.0.